The fraction of sp³-hybridized carbons (Fsp3) is 0.909. The Morgan fingerprint density at radius 2 is 2.27 bits per heavy atom. The summed E-state index contributed by atoms with van der Waals surface area (Å²) in [6.07, 6.45) is 4.67. The molecule has 1 N–H and O–H groups in total. The Hall–Kier alpha value is -0.610. The van der Waals surface area contributed by atoms with Crippen LogP contribution in [0.25, 0.3) is 0 Å². The van der Waals surface area contributed by atoms with Crippen LogP contribution in [0.2, 0.25) is 0 Å². The lowest BCUT2D eigenvalue weighted by Gasteiger charge is -2.28. The molecule has 0 aromatic rings. The van der Waals surface area contributed by atoms with Crippen LogP contribution in [-0.2, 0) is 9.53 Å². The minimum absolute atomic E-state index is 0.0249. The van der Waals surface area contributed by atoms with Crippen LogP contribution in [0.5, 0.6) is 0 Å². The molecule has 0 spiro atoms. The van der Waals surface area contributed by atoms with E-state index in [0.29, 0.717) is 13.0 Å². The van der Waals surface area contributed by atoms with Gasteiger partial charge in [0.15, 0.2) is 0 Å². The van der Waals surface area contributed by atoms with Gasteiger partial charge in [0.1, 0.15) is 0 Å². The second kappa shape index (κ2) is 6.80. The maximum atomic E-state index is 11.8. The molecule has 15 heavy (non-hydrogen) atoms. The summed E-state index contributed by atoms with van der Waals surface area (Å²) in [6.45, 7) is 1.33. The summed E-state index contributed by atoms with van der Waals surface area (Å²) in [5.74, 6) is 0.109. The Labute approximate surface area is 91.2 Å². The molecule has 4 nitrogen and oxygen atoms in total. The molecule has 4 heteroatoms. The highest BCUT2D eigenvalue weighted by Gasteiger charge is 2.24. The lowest BCUT2D eigenvalue weighted by Crippen LogP contribution is -2.42. The van der Waals surface area contributed by atoms with Gasteiger partial charge in [-0.3, -0.25) is 4.79 Å². The Balaban J connectivity index is 2.49. The van der Waals surface area contributed by atoms with Gasteiger partial charge in [-0.05, 0) is 12.8 Å². The average Bonchev–Trinajstić information content (AvgIpc) is 2.50. The van der Waals surface area contributed by atoms with E-state index < -0.39 is 0 Å². The number of carbonyl (C=O) groups excluding carboxylic acids is 1. The standard InChI is InChI=1S/C11H21NO3/c1-15-8-6-11(14)12-7-4-2-3-5-10(12)9-13/h10,13H,2-9H2,1H3. The van der Waals surface area contributed by atoms with Crippen LogP contribution < -0.4 is 0 Å². The number of hydrogen-bond acceptors (Lipinski definition) is 3. The Bertz CT molecular complexity index is 196. The third kappa shape index (κ3) is 3.80. The first-order chi connectivity index (χ1) is 7.29. The Morgan fingerprint density at radius 1 is 1.47 bits per heavy atom. The van der Waals surface area contributed by atoms with Crippen molar-refractivity contribution in [2.45, 2.75) is 38.1 Å². The van der Waals surface area contributed by atoms with E-state index in [9.17, 15) is 9.90 Å². The molecule has 88 valence electrons. The van der Waals surface area contributed by atoms with Gasteiger partial charge in [0.25, 0.3) is 0 Å². The summed E-state index contributed by atoms with van der Waals surface area (Å²) in [5, 5.41) is 9.24. The number of carbonyl (C=O) groups is 1. The zero-order valence-corrected chi connectivity index (χ0v) is 9.45. The number of hydrogen-bond donors (Lipinski definition) is 1. The van der Waals surface area contributed by atoms with Crippen molar-refractivity contribution in [1.82, 2.24) is 4.90 Å². The SMILES string of the molecule is COCCC(=O)N1CCCCCC1CO. The fourth-order valence-corrected chi connectivity index (χ4v) is 2.03. The van der Waals surface area contributed by atoms with Gasteiger partial charge in [-0.15, -0.1) is 0 Å². The van der Waals surface area contributed by atoms with Crippen LogP contribution in [0.4, 0.5) is 0 Å². The van der Waals surface area contributed by atoms with Gasteiger partial charge in [0.2, 0.25) is 5.91 Å². The smallest absolute Gasteiger partial charge is 0.225 e. The first-order valence-electron chi connectivity index (χ1n) is 5.69. The minimum Gasteiger partial charge on any atom is -0.394 e. The Kier molecular flexibility index (Phi) is 5.65. The molecule has 1 aliphatic heterocycles. The third-order valence-electron chi connectivity index (χ3n) is 2.93. The van der Waals surface area contributed by atoms with E-state index in [1.54, 1.807) is 7.11 Å². The molecule has 0 aliphatic carbocycles. The van der Waals surface area contributed by atoms with E-state index >= 15 is 0 Å². The summed E-state index contributed by atoms with van der Waals surface area (Å²) in [5.41, 5.74) is 0. The number of amides is 1. The van der Waals surface area contributed by atoms with Gasteiger partial charge >= 0.3 is 0 Å². The molecule has 0 aromatic carbocycles. The average molecular weight is 215 g/mol. The first kappa shape index (κ1) is 12.5. The van der Waals surface area contributed by atoms with Crippen molar-refractivity contribution in [3.8, 4) is 0 Å². The van der Waals surface area contributed by atoms with E-state index in [1.807, 2.05) is 4.90 Å². The second-order valence-electron chi connectivity index (χ2n) is 4.02. The summed E-state index contributed by atoms with van der Waals surface area (Å²) < 4.78 is 4.89. The Morgan fingerprint density at radius 3 is 2.93 bits per heavy atom. The predicted octanol–water partition coefficient (Wildman–Crippen LogP) is 0.786. The van der Waals surface area contributed by atoms with Gasteiger partial charge in [-0.25, -0.2) is 0 Å². The maximum absolute atomic E-state index is 11.8. The molecule has 1 rings (SSSR count). The highest BCUT2D eigenvalue weighted by molar-refractivity contribution is 5.76. The van der Waals surface area contributed by atoms with Crippen LogP contribution in [0.3, 0.4) is 0 Å². The maximum Gasteiger partial charge on any atom is 0.225 e. The molecule has 1 heterocycles. The topological polar surface area (TPSA) is 49.8 Å². The molecule has 1 aliphatic rings. The van der Waals surface area contributed by atoms with Gasteiger partial charge in [-0.1, -0.05) is 12.8 Å². The number of aliphatic hydroxyl groups excluding tert-OH is 1. The van der Waals surface area contributed by atoms with Crippen molar-refractivity contribution in [2.75, 3.05) is 26.9 Å². The molecule has 0 saturated carbocycles. The molecule has 0 radical (unpaired) electrons. The van der Waals surface area contributed by atoms with Crippen molar-refractivity contribution in [1.29, 1.82) is 0 Å². The number of methoxy groups -OCH3 is 1. The predicted molar refractivity (Wildman–Crippen MR) is 57.5 cm³/mol. The van der Waals surface area contributed by atoms with Crippen LogP contribution in [0.15, 0.2) is 0 Å². The van der Waals surface area contributed by atoms with Gasteiger partial charge < -0.3 is 14.7 Å². The van der Waals surface area contributed by atoms with Gasteiger partial charge in [-0.2, -0.15) is 0 Å². The zero-order chi connectivity index (χ0) is 11.1. The highest BCUT2D eigenvalue weighted by atomic mass is 16.5. The molecule has 1 atom stereocenters. The van der Waals surface area contributed by atoms with Crippen molar-refractivity contribution in [3.05, 3.63) is 0 Å². The third-order valence-corrected chi connectivity index (χ3v) is 2.93. The van der Waals surface area contributed by atoms with Crippen molar-refractivity contribution >= 4 is 5.91 Å². The highest BCUT2D eigenvalue weighted by Crippen LogP contribution is 2.17. The number of likely N-dealkylation sites (tertiary alicyclic amines) is 1. The van der Waals surface area contributed by atoms with Gasteiger partial charge in [0.05, 0.1) is 25.7 Å². The lowest BCUT2D eigenvalue weighted by molar-refractivity contribution is -0.135. The van der Waals surface area contributed by atoms with E-state index in [0.717, 1.165) is 32.2 Å². The number of nitrogens with zero attached hydrogens (tertiary/aromatic N) is 1. The molecule has 1 unspecified atom stereocenters. The molecule has 1 saturated heterocycles. The van der Waals surface area contributed by atoms with E-state index in [2.05, 4.69) is 0 Å². The van der Waals surface area contributed by atoms with Crippen LogP contribution >= 0.6 is 0 Å². The summed E-state index contributed by atoms with van der Waals surface area (Å²) in [7, 11) is 1.60. The van der Waals surface area contributed by atoms with Crippen LogP contribution in [0, 0.1) is 0 Å². The van der Waals surface area contributed by atoms with Crippen molar-refractivity contribution < 1.29 is 14.6 Å². The molecule has 0 bridgehead atoms. The monoisotopic (exact) mass is 215 g/mol. The molecule has 1 amide bonds. The number of rotatable bonds is 4. The van der Waals surface area contributed by atoms with E-state index in [1.165, 1.54) is 0 Å². The largest absolute Gasteiger partial charge is 0.394 e. The lowest BCUT2D eigenvalue weighted by atomic mass is 10.1. The van der Waals surface area contributed by atoms with Crippen molar-refractivity contribution in [2.24, 2.45) is 0 Å². The summed E-state index contributed by atoms with van der Waals surface area (Å²) in [4.78, 5) is 13.6. The number of aliphatic hydroxyl groups is 1. The quantitative estimate of drug-likeness (QED) is 0.754. The number of ether oxygens (including phenoxy) is 1. The molecular formula is C11H21NO3. The first-order valence-corrected chi connectivity index (χ1v) is 5.69. The van der Waals surface area contributed by atoms with Crippen LogP contribution in [-0.4, -0.2) is 48.8 Å². The van der Waals surface area contributed by atoms with Crippen molar-refractivity contribution in [3.63, 3.8) is 0 Å². The van der Waals surface area contributed by atoms with Crippen LogP contribution in [0.1, 0.15) is 32.1 Å². The van der Waals surface area contributed by atoms with E-state index in [4.69, 9.17) is 4.74 Å². The zero-order valence-electron chi connectivity index (χ0n) is 9.45. The molecule has 0 aromatic heterocycles. The van der Waals surface area contributed by atoms with E-state index in [-0.39, 0.29) is 18.6 Å². The fourth-order valence-electron chi connectivity index (χ4n) is 2.03. The second-order valence-corrected chi connectivity index (χ2v) is 4.02. The normalized spacial score (nSPS) is 22.5. The summed E-state index contributed by atoms with van der Waals surface area (Å²) >= 11 is 0. The summed E-state index contributed by atoms with van der Waals surface area (Å²) in [6, 6.07) is 0.0249. The minimum atomic E-state index is 0.0249. The molecule has 1 fully saturated rings. The molecular weight excluding hydrogens is 194 g/mol. The van der Waals surface area contributed by atoms with Gasteiger partial charge in [0, 0.05) is 13.7 Å².